The molecular weight excluding hydrogens is 200 g/mol. The van der Waals surface area contributed by atoms with Crippen LogP contribution in [0.3, 0.4) is 0 Å². The van der Waals surface area contributed by atoms with Gasteiger partial charge >= 0.3 is 11.9 Å². The molecule has 90 valence electrons. The summed E-state index contributed by atoms with van der Waals surface area (Å²) >= 11 is 0. The standard InChI is InChI=1S/C5H10O3.C5H10O2/c1-3(4(2)6)5(7)8;1-3-4(2)5(6)7/h3-4,6H,1-2H3,(H,7,8);4H,3H2,1-2H3,(H,6,7). The van der Waals surface area contributed by atoms with Crippen LogP contribution in [0.2, 0.25) is 0 Å². The van der Waals surface area contributed by atoms with Gasteiger partial charge in [-0.05, 0) is 20.3 Å². The van der Waals surface area contributed by atoms with E-state index < -0.39 is 24.0 Å². The predicted molar refractivity (Wildman–Crippen MR) is 55.6 cm³/mol. The third-order valence-corrected chi connectivity index (χ3v) is 2.15. The van der Waals surface area contributed by atoms with E-state index in [9.17, 15) is 9.59 Å². The summed E-state index contributed by atoms with van der Waals surface area (Å²) in [6.07, 6.45) is -0.0394. The van der Waals surface area contributed by atoms with Gasteiger partial charge in [-0.3, -0.25) is 9.59 Å². The molecule has 0 saturated carbocycles. The number of hydrogen-bond acceptors (Lipinski definition) is 3. The molecule has 0 aromatic rings. The molecule has 0 rings (SSSR count). The second-order valence-electron chi connectivity index (χ2n) is 3.52. The first-order chi connectivity index (χ1) is 6.73. The highest BCUT2D eigenvalue weighted by Crippen LogP contribution is 2.00. The summed E-state index contributed by atoms with van der Waals surface area (Å²) in [5, 5.41) is 25.0. The minimum atomic E-state index is -0.958. The van der Waals surface area contributed by atoms with Crippen molar-refractivity contribution in [2.75, 3.05) is 0 Å². The fourth-order valence-corrected chi connectivity index (χ4v) is 0.381. The van der Waals surface area contributed by atoms with Gasteiger partial charge in [0.1, 0.15) is 0 Å². The number of carbonyl (C=O) groups is 2. The van der Waals surface area contributed by atoms with Crippen LogP contribution in [-0.4, -0.2) is 33.4 Å². The number of aliphatic hydroxyl groups is 1. The van der Waals surface area contributed by atoms with Gasteiger partial charge in [-0.15, -0.1) is 0 Å². The van der Waals surface area contributed by atoms with E-state index in [1.165, 1.54) is 13.8 Å². The van der Waals surface area contributed by atoms with Crippen LogP contribution in [0.1, 0.15) is 34.1 Å². The molecule has 3 N–H and O–H groups in total. The molecule has 0 aromatic carbocycles. The Morgan fingerprint density at radius 1 is 1.07 bits per heavy atom. The summed E-state index contributed by atoms with van der Waals surface area (Å²) in [5.41, 5.74) is 0. The predicted octanol–water partition coefficient (Wildman–Crippen LogP) is 1.20. The fraction of sp³-hybridized carbons (Fsp3) is 0.800. The second kappa shape index (κ2) is 8.23. The summed E-state index contributed by atoms with van der Waals surface area (Å²) in [5.74, 6) is -2.50. The summed E-state index contributed by atoms with van der Waals surface area (Å²) in [4.78, 5) is 19.9. The van der Waals surface area contributed by atoms with E-state index in [2.05, 4.69) is 0 Å². The molecule has 0 spiro atoms. The minimum Gasteiger partial charge on any atom is -0.481 e. The molecule has 0 saturated heterocycles. The molecule has 0 aliphatic carbocycles. The molecule has 0 heterocycles. The molecule has 0 aromatic heterocycles. The first-order valence-corrected chi connectivity index (χ1v) is 4.87. The monoisotopic (exact) mass is 220 g/mol. The van der Waals surface area contributed by atoms with Crippen molar-refractivity contribution in [3.8, 4) is 0 Å². The average Bonchev–Trinajstić information content (AvgIpc) is 2.15. The molecule has 0 aliphatic heterocycles. The lowest BCUT2D eigenvalue weighted by Gasteiger charge is -2.06. The van der Waals surface area contributed by atoms with Crippen molar-refractivity contribution in [1.29, 1.82) is 0 Å². The smallest absolute Gasteiger partial charge is 0.308 e. The Morgan fingerprint density at radius 3 is 1.47 bits per heavy atom. The summed E-state index contributed by atoms with van der Waals surface area (Å²) < 4.78 is 0. The van der Waals surface area contributed by atoms with Gasteiger partial charge in [0.15, 0.2) is 0 Å². The van der Waals surface area contributed by atoms with Gasteiger partial charge in [0.25, 0.3) is 0 Å². The summed E-state index contributed by atoms with van der Waals surface area (Å²) in [6.45, 7) is 6.48. The number of carboxylic acid groups (broad SMARTS) is 2. The molecule has 5 heteroatoms. The lowest BCUT2D eigenvalue weighted by atomic mass is 10.1. The van der Waals surface area contributed by atoms with E-state index >= 15 is 0 Å². The van der Waals surface area contributed by atoms with Crippen molar-refractivity contribution >= 4 is 11.9 Å². The van der Waals surface area contributed by atoms with Crippen LogP contribution in [0.15, 0.2) is 0 Å². The van der Waals surface area contributed by atoms with E-state index in [0.717, 1.165) is 6.42 Å². The molecule has 0 bridgehead atoms. The normalized spacial score (nSPS) is 15.5. The highest BCUT2D eigenvalue weighted by Gasteiger charge is 2.15. The largest absolute Gasteiger partial charge is 0.481 e. The van der Waals surface area contributed by atoms with Gasteiger partial charge in [-0.2, -0.15) is 0 Å². The Morgan fingerprint density at radius 2 is 1.47 bits per heavy atom. The Labute approximate surface area is 89.7 Å². The van der Waals surface area contributed by atoms with Crippen LogP contribution < -0.4 is 0 Å². The Balaban J connectivity index is 0. The molecular formula is C10H20O5. The summed E-state index contributed by atoms with van der Waals surface area (Å²) in [7, 11) is 0. The van der Waals surface area contributed by atoms with Crippen molar-refractivity contribution in [1.82, 2.24) is 0 Å². The van der Waals surface area contributed by atoms with Gasteiger partial charge < -0.3 is 15.3 Å². The van der Waals surface area contributed by atoms with Crippen molar-refractivity contribution in [2.24, 2.45) is 11.8 Å². The first-order valence-electron chi connectivity index (χ1n) is 4.87. The minimum absolute atomic E-state index is 0.181. The summed E-state index contributed by atoms with van der Waals surface area (Å²) in [6, 6.07) is 0. The quantitative estimate of drug-likeness (QED) is 0.661. The maximum absolute atomic E-state index is 9.98. The van der Waals surface area contributed by atoms with Crippen LogP contribution in [-0.2, 0) is 9.59 Å². The average molecular weight is 220 g/mol. The maximum Gasteiger partial charge on any atom is 0.308 e. The third-order valence-electron chi connectivity index (χ3n) is 2.15. The van der Waals surface area contributed by atoms with Gasteiger partial charge in [-0.1, -0.05) is 13.8 Å². The Hall–Kier alpha value is -1.10. The highest BCUT2D eigenvalue weighted by molar-refractivity contribution is 5.70. The number of aliphatic hydroxyl groups excluding tert-OH is 1. The van der Waals surface area contributed by atoms with Crippen LogP contribution in [0.4, 0.5) is 0 Å². The lowest BCUT2D eigenvalue weighted by Crippen LogP contribution is -2.21. The number of hydrogen-bond donors (Lipinski definition) is 3. The van der Waals surface area contributed by atoms with Gasteiger partial charge in [0, 0.05) is 0 Å². The van der Waals surface area contributed by atoms with E-state index in [0.29, 0.717) is 0 Å². The first kappa shape index (κ1) is 16.3. The Kier molecular flexibility index (Phi) is 8.96. The van der Waals surface area contributed by atoms with Crippen molar-refractivity contribution in [2.45, 2.75) is 40.2 Å². The van der Waals surface area contributed by atoms with Gasteiger partial charge in [0.2, 0.25) is 0 Å². The number of aliphatic carboxylic acids is 2. The molecule has 0 fully saturated rings. The van der Waals surface area contributed by atoms with Crippen molar-refractivity contribution in [3.63, 3.8) is 0 Å². The van der Waals surface area contributed by atoms with Gasteiger partial charge in [-0.25, -0.2) is 0 Å². The zero-order chi connectivity index (χ0) is 12.6. The highest BCUT2D eigenvalue weighted by atomic mass is 16.4. The molecule has 15 heavy (non-hydrogen) atoms. The van der Waals surface area contributed by atoms with E-state index in [1.54, 1.807) is 6.92 Å². The molecule has 3 atom stereocenters. The van der Waals surface area contributed by atoms with Gasteiger partial charge in [0.05, 0.1) is 17.9 Å². The van der Waals surface area contributed by atoms with Crippen LogP contribution >= 0.6 is 0 Å². The molecule has 0 aliphatic rings. The second-order valence-corrected chi connectivity index (χ2v) is 3.52. The van der Waals surface area contributed by atoms with Crippen LogP contribution in [0.5, 0.6) is 0 Å². The van der Waals surface area contributed by atoms with E-state index in [-0.39, 0.29) is 5.92 Å². The van der Waals surface area contributed by atoms with E-state index in [4.69, 9.17) is 15.3 Å². The zero-order valence-electron chi connectivity index (χ0n) is 9.60. The third kappa shape index (κ3) is 9.21. The molecule has 0 amide bonds. The number of carboxylic acids is 2. The molecule has 5 nitrogen and oxygen atoms in total. The van der Waals surface area contributed by atoms with Crippen LogP contribution in [0, 0.1) is 11.8 Å². The molecule has 3 unspecified atom stereocenters. The van der Waals surface area contributed by atoms with E-state index in [1.807, 2.05) is 6.92 Å². The zero-order valence-corrected chi connectivity index (χ0v) is 9.60. The number of rotatable bonds is 4. The van der Waals surface area contributed by atoms with Crippen molar-refractivity contribution < 1.29 is 24.9 Å². The topological polar surface area (TPSA) is 94.8 Å². The molecule has 0 radical (unpaired) electrons. The fourth-order valence-electron chi connectivity index (χ4n) is 0.381. The lowest BCUT2D eigenvalue weighted by molar-refractivity contribution is -0.144. The van der Waals surface area contributed by atoms with Crippen molar-refractivity contribution in [3.05, 3.63) is 0 Å². The Bertz CT molecular complexity index is 200. The maximum atomic E-state index is 9.98. The SMILES string of the molecule is CC(O)C(C)C(=O)O.CCC(C)C(=O)O. The van der Waals surface area contributed by atoms with Crippen LogP contribution in [0.25, 0.3) is 0 Å².